The van der Waals surface area contributed by atoms with Gasteiger partial charge in [0.2, 0.25) is 5.89 Å². The maximum Gasteiger partial charge on any atom is 0.229 e. The summed E-state index contributed by atoms with van der Waals surface area (Å²) >= 11 is 0. The zero-order valence-corrected chi connectivity index (χ0v) is 11.3. The molecule has 2 N–H and O–H groups in total. The number of nitrogens with zero attached hydrogens (tertiary/aromatic N) is 2. The first-order valence-corrected chi connectivity index (χ1v) is 6.81. The fraction of sp³-hybridized carbons (Fsp3) is 0.846. The summed E-state index contributed by atoms with van der Waals surface area (Å²) in [6.07, 6.45) is 6.45. The van der Waals surface area contributed by atoms with Crippen molar-refractivity contribution in [3.05, 3.63) is 11.7 Å². The molecule has 17 heavy (non-hydrogen) atoms. The van der Waals surface area contributed by atoms with Crippen LogP contribution in [0.15, 0.2) is 4.52 Å². The SMILES string of the molecule is CCCC(N)c1noc(C(CCC)CCC)n1. The summed E-state index contributed by atoms with van der Waals surface area (Å²) in [7, 11) is 0. The summed E-state index contributed by atoms with van der Waals surface area (Å²) in [4.78, 5) is 4.46. The number of hydrogen-bond acceptors (Lipinski definition) is 4. The van der Waals surface area contributed by atoms with Crippen LogP contribution in [0.2, 0.25) is 0 Å². The Morgan fingerprint density at radius 3 is 2.18 bits per heavy atom. The molecule has 4 heteroatoms. The summed E-state index contributed by atoms with van der Waals surface area (Å²) in [6.45, 7) is 6.48. The molecule has 0 aliphatic rings. The van der Waals surface area contributed by atoms with Gasteiger partial charge in [0.15, 0.2) is 5.82 Å². The Labute approximate surface area is 104 Å². The van der Waals surface area contributed by atoms with E-state index in [0.29, 0.717) is 11.7 Å². The average molecular weight is 239 g/mol. The Morgan fingerprint density at radius 2 is 1.65 bits per heavy atom. The topological polar surface area (TPSA) is 64.9 Å². The first-order chi connectivity index (χ1) is 8.22. The largest absolute Gasteiger partial charge is 0.339 e. The van der Waals surface area contributed by atoms with Crippen LogP contribution in [0.1, 0.15) is 83.0 Å². The predicted octanol–water partition coefficient (Wildman–Crippen LogP) is 3.55. The molecule has 1 atom stereocenters. The number of nitrogens with two attached hydrogens (primary N) is 1. The van der Waals surface area contributed by atoms with Gasteiger partial charge in [-0.3, -0.25) is 0 Å². The van der Waals surface area contributed by atoms with E-state index in [0.717, 1.165) is 44.4 Å². The molecule has 4 nitrogen and oxygen atoms in total. The second kappa shape index (κ2) is 7.43. The van der Waals surface area contributed by atoms with Gasteiger partial charge in [-0.25, -0.2) is 0 Å². The van der Waals surface area contributed by atoms with Crippen molar-refractivity contribution in [3.63, 3.8) is 0 Å². The van der Waals surface area contributed by atoms with Crippen molar-refractivity contribution in [1.29, 1.82) is 0 Å². The molecule has 1 aromatic heterocycles. The molecular formula is C13H25N3O. The van der Waals surface area contributed by atoms with Crippen molar-refractivity contribution in [1.82, 2.24) is 10.1 Å². The molecule has 1 heterocycles. The number of hydrogen-bond donors (Lipinski definition) is 1. The Kier molecular flexibility index (Phi) is 6.19. The average Bonchev–Trinajstić information content (AvgIpc) is 2.78. The van der Waals surface area contributed by atoms with E-state index in [-0.39, 0.29) is 6.04 Å². The molecule has 0 saturated carbocycles. The monoisotopic (exact) mass is 239 g/mol. The second-order valence-electron chi connectivity index (χ2n) is 4.66. The van der Waals surface area contributed by atoms with E-state index >= 15 is 0 Å². The van der Waals surface area contributed by atoms with Crippen LogP contribution < -0.4 is 5.73 Å². The lowest BCUT2D eigenvalue weighted by Gasteiger charge is -2.09. The van der Waals surface area contributed by atoms with Gasteiger partial charge in [0.25, 0.3) is 0 Å². The van der Waals surface area contributed by atoms with Gasteiger partial charge in [-0.05, 0) is 19.3 Å². The van der Waals surface area contributed by atoms with Crippen molar-refractivity contribution in [2.45, 2.75) is 71.3 Å². The molecule has 0 spiro atoms. The highest BCUT2D eigenvalue weighted by molar-refractivity contribution is 4.97. The highest BCUT2D eigenvalue weighted by Crippen LogP contribution is 2.26. The third-order valence-electron chi connectivity index (χ3n) is 3.01. The minimum absolute atomic E-state index is 0.0820. The van der Waals surface area contributed by atoms with E-state index in [1.807, 2.05) is 0 Å². The standard InChI is InChI=1S/C13H25N3O/c1-4-7-10(8-5-2)13-15-12(16-17-13)11(14)9-6-3/h10-11H,4-9,14H2,1-3H3. The van der Waals surface area contributed by atoms with Crippen molar-refractivity contribution in [2.75, 3.05) is 0 Å². The number of rotatable bonds is 8. The maximum absolute atomic E-state index is 5.98. The predicted molar refractivity (Wildman–Crippen MR) is 68.7 cm³/mol. The van der Waals surface area contributed by atoms with Gasteiger partial charge in [0.1, 0.15) is 0 Å². The molecule has 0 saturated heterocycles. The van der Waals surface area contributed by atoms with Crippen LogP contribution in [0.3, 0.4) is 0 Å². The normalized spacial score (nSPS) is 13.2. The molecule has 0 amide bonds. The van der Waals surface area contributed by atoms with Gasteiger partial charge in [0, 0.05) is 5.92 Å². The molecule has 0 fully saturated rings. The fourth-order valence-corrected chi connectivity index (χ4v) is 2.09. The van der Waals surface area contributed by atoms with Gasteiger partial charge < -0.3 is 10.3 Å². The number of aromatic nitrogens is 2. The van der Waals surface area contributed by atoms with Crippen LogP contribution >= 0.6 is 0 Å². The summed E-state index contributed by atoms with van der Waals surface area (Å²) < 4.78 is 5.36. The van der Waals surface area contributed by atoms with Crippen molar-refractivity contribution in [3.8, 4) is 0 Å². The van der Waals surface area contributed by atoms with Gasteiger partial charge >= 0.3 is 0 Å². The van der Waals surface area contributed by atoms with Crippen LogP contribution in [0.25, 0.3) is 0 Å². The van der Waals surface area contributed by atoms with Crippen LogP contribution in [-0.4, -0.2) is 10.1 Å². The summed E-state index contributed by atoms with van der Waals surface area (Å²) in [5.74, 6) is 1.84. The van der Waals surface area contributed by atoms with E-state index in [9.17, 15) is 0 Å². The quantitative estimate of drug-likeness (QED) is 0.753. The van der Waals surface area contributed by atoms with Gasteiger partial charge in [-0.2, -0.15) is 4.98 Å². The lowest BCUT2D eigenvalue weighted by molar-refractivity contribution is 0.331. The van der Waals surface area contributed by atoms with Gasteiger partial charge in [-0.15, -0.1) is 0 Å². The Balaban J connectivity index is 2.69. The van der Waals surface area contributed by atoms with Crippen molar-refractivity contribution in [2.24, 2.45) is 5.73 Å². The molecule has 0 radical (unpaired) electrons. The smallest absolute Gasteiger partial charge is 0.229 e. The summed E-state index contributed by atoms with van der Waals surface area (Å²) in [5.41, 5.74) is 5.98. The minimum Gasteiger partial charge on any atom is -0.339 e. The first kappa shape index (κ1) is 14.2. The fourth-order valence-electron chi connectivity index (χ4n) is 2.09. The lowest BCUT2D eigenvalue weighted by atomic mass is 9.98. The van der Waals surface area contributed by atoms with Crippen LogP contribution in [0.4, 0.5) is 0 Å². The van der Waals surface area contributed by atoms with Gasteiger partial charge in [-0.1, -0.05) is 45.2 Å². The molecular weight excluding hydrogens is 214 g/mol. The van der Waals surface area contributed by atoms with Crippen molar-refractivity contribution < 1.29 is 4.52 Å². The minimum atomic E-state index is -0.0820. The Hall–Kier alpha value is -0.900. The van der Waals surface area contributed by atoms with Crippen LogP contribution in [0, 0.1) is 0 Å². The van der Waals surface area contributed by atoms with Crippen molar-refractivity contribution >= 4 is 0 Å². The molecule has 98 valence electrons. The first-order valence-electron chi connectivity index (χ1n) is 6.81. The van der Waals surface area contributed by atoms with E-state index in [2.05, 4.69) is 30.9 Å². The van der Waals surface area contributed by atoms with Gasteiger partial charge in [0.05, 0.1) is 6.04 Å². The summed E-state index contributed by atoms with van der Waals surface area (Å²) in [5, 5.41) is 4.01. The molecule has 0 aromatic carbocycles. The highest BCUT2D eigenvalue weighted by atomic mass is 16.5. The zero-order valence-electron chi connectivity index (χ0n) is 11.3. The molecule has 1 aromatic rings. The maximum atomic E-state index is 5.98. The van der Waals surface area contributed by atoms with E-state index < -0.39 is 0 Å². The van der Waals surface area contributed by atoms with E-state index in [1.54, 1.807) is 0 Å². The molecule has 1 rings (SSSR count). The third-order valence-corrected chi connectivity index (χ3v) is 3.01. The Morgan fingerprint density at radius 1 is 1.06 bits per heavy atom. The molecule has 0 aliphatic carbocycles. The van der Waals surface area contributed by atoms with Crippen LogP contribution in [0.5, 0.6) is 0 Å². The molecule has 1 unspecified atom stereocenters. The third kappa shape index (κ3) is 4.11. The molecule has 0 aliphatic heterocycles. The summed E-state index contributed by atoms with van der Waals surface area (Å²) in [6, 6.07) is -0.0820. The van der Waals surface area contributed by atoms with Crippen LogP contribution in [-0.2, 0) is 0 Å². The molecule has 0 bridgehead atoms. The second-order valence-corrected chi connectivity index (χ2v) is 4.66. The van der Waals surface area contributed by atoms with E-state index in [4.69, 9.17) is 10.3 Å². The lowest BCUT2D eigenvalue weighted by Crippen LogP contribution is -2.11. The van der Waals surface area contributed by atoms with E-state index in [1.165, 1.54) is 0 Å². The Bertz CT molecular complexity index is 305. The highest BCUT2D eigenvalue weighted by Gasteiger charge is 2.19. The zero-order chi connectivity index (χ0) is 12.7.